The molecule has 0 bridgehead atoms. The molecule has 2 amide bonds. The number of nitrogens with zero attached hydrogens (tertiary/aromatic N) is 2. The molecule has 1 atom stereocenters. The average Bonchev–Trinajstić information content (AvgIpc) is 3.17. The number of anilines is 2. The predicted molar refractivity (Wildman–Crippen MR) is 108 cm³/mol. The summed E-state index contributed by atoms with van der Waals surface area (Å²) in [4.78, 5) is 25.0. The van der Waals surface area contributed by atoms with Crippen LogP contribution in [0.3, 0.4) is 0 Å². The Hall–Kier alpha value is -3.81. The summed E-state index contributed by atoms with van der Waals surface area (Å²) in [6.45, 7) is 0. The molecule has 0 radical (unpaired) electrons. The molecule has 8 heteroatoms. The molecule has 2 heterocycles. The van der Waals surface area contributed by atoms with Crippen LogP contribution in [0.25, 0.3) is 11.3 Å². The third-order valence-corrected chi connectivity index (χ3v) is 4.70. The van der Waals surface area contributed by atoms with Crippen molar-refractivity contribution in [3.05, 3.63) is 54.6 Å². The standard InChI is InChI=1S/C21H20N4O4/c1-28-15-8-6-14(7-9-15)22-21(27)18-12-20(26)23-19-11-17(24-25(18)19)13-4-3-5-16(10-13)29-2/h3-11,18H,12H2,1-2H3,(H,22,27)(H,23,26)/t18-/m1/s1. The van der Waals surface area contributed by atoms with Gasteiger partial charge in [-0.3, -0.25) is 9.59 Å². The Morgan fingerprint density at radius 3 is 2.59 bits per heavy atom. The summed E-state index contributed by atoms with van der Waals surface area (Å²) >= 11 is 0. The van der Waals surface area contributed by atoms with E-state index in [1.54, 1.807) is 49.2 Å². The number of carbonyl (C=O) groups excluding carboxylic acids is 2. The topological polar surface area (TPSA) is 94.5 Å². The number of carbonyl (C=O) groups is 2. The quantitative estimate of drug-likeness (QED) is 0.696. The molecule has 4 rings (SSSR count). The monoisotopic (exact) mass is 392 g/mol. The predicted octanol–water partition coefficient (Wildman–Crippen LogP) is 3.09. The molecule has 0 spiro atoms. The molecular formula is C21H20N4O4. The Labute approximate surface area is 167 Å². The molecule has 8 nitrogen and oxygen atoms in total. The summed E-state index contributed by atoms with van der Waals surface area (Å²) in [7, 11) is 3.17. The van der Waals surface area contributed by atoms with Crippen molar-refractivity contribution in [2.24, 2.45) is 0 Å². The van der Waals surface area contributed by atoms with Crippen LogP contribution in [0.5, 0.6) is 11.5 Å². The fourth-order valence-electron chi connectivity index (χ4n) is 3.21. The molecule has 3 aromatic rings. The van der Waals surface area contributed by atoms with Crippen molar-refractivity contribution < 1.29 is 19.1 Å². The number of amides is 2. The number of methoxy groups -OCH3 is 2. The van der Waals surface area contributed by atoms with Gasteiger partial charge in [-0.1, -0.05) is 12.1 Å². The van der Waals surface area contributed by atoms with E-state index in [-0.39, 0.29) is 18.2 Å². The molecule has 0 aliphatic carbocycles. The zero-order chi connectivity index (χ0) is 20.4. The molecule has 2 N–H and O–H groups in total. The highest BCUT2D eigenvalue weighted by atomic mass is 16.5. The number of fused-ring (bicyclic) bond motifs is 1. The van der Waals surface area contributed by atoms with E-state index in [1.807, 2.05) is 24.3 Å². The number of hydrogen-bond acceptors (Lipinski definition) is 5. The van der Waals surface area contributed by atoms with Gasteiger partial charge < -0.3 is 20.1 Å². The molecule has 1 aromatic heterocycles. The molecule has 1 aliphatic rings. The number of nitrogens with one attached hydrogen (secondary N) is 2. The summed E-state index contributed by atoms with van der Waals surface area (Å²) in [5.74, 6) is 1.33. The van der Waals surface area contributed by atoms with E-state index >= 15 is 0 Å². The van der Waals surface area contributed by atoms with Gasteiger partial charge in [-0.25, -0.2) is 4.68 Å². The Morgan fingerprint density at radius 2 is 1.86 bits per heavy atom. The maximum absolute atomic E-state index is 12.9. The van der Waals surface area contributed by atoms with Crippen molar-refractivity contribution in [3.8, 4) is 22.8 Å². The van der Waals surface area contributed by atoms with E-state index in [0.29, 0.717) is 28.7 Å². The van der Waals surface area contributed by atoms with Crippen molar-refractivity contribution in [1.82, 2.24) is 9.78 Å². The zero-order valence-corrected chi connectivity index (χ0v) is 16.0. The zero-order valence-electron chi connectivity index (χ0n) is 16.0. The number of ether oxygens (including phenoxy) is 2. The van der Waals surface area contributed by atoms with E-state index < -0.39 is 6.04 Å². The SMILES string of the molecule is COc1ccc(NC(=O)[C@H]2CC(=O)Nc3cc(-c4cccc(OC)c4)nn32)cc1. The highest BCUT2D eigenvalue weighted by Crippen LogP contribution is 2.31. The fourth-order valence-corrected chi connectivity index (χ4v) is 3.21. The van der Waals surface area contributed by atoms with Crippen LogP contribution in [-0.2, 0) is 9.59 Å². The second-order valence-corrected chi connectivity index (χ2v) is 6.58. The summed E-state index contributed by atoms with van der Waals surface area (Å²) < 4.78 is 11.9. The van der Waals surface area contributed by atoms with Crippen LogP contribution >= 0.6 is 0 Å². The second kappa shape index (κ2) is 7.67. The minimum atomic E-state index is -0.750. The molecule has 0 unspecified atom stereocenters. The van der Waals surface area contributed by atoms with Gasteiger partial charge >= 0.3 is 0 Å². The van der Waals surface area contributed by atoms with Gasteiger partial charge in [0.15, 0.2) is 0 Å². The first-order chi connectivity index (χ1) is 14.1. The summed E-state index contributed by atoms with van der Waals surface area (Å²) in [6.07, 6.45) is 0.00815. The number of aromatic nitrogens is 2. The fraction of sp³-hybridized carbons (Fsp3) is 0.190. The first-order valence-electron chi connectivity index (χ1n) is 9.06. The van der Waals surface area contributed by atoms with Crippen molar-refractivity contribution in [1.29, 1.82) is 0 Å². The molecule has 0 saturated heterocycles. The van der Waals surface area contributed by atoms with Crippen LogP contribution in [0, 0.1) is 0 Å². The lowest BCUT2D eigenvalue weighted by molar-refractivity contribution is -0.125. The van der Waals surface area contributed by atoms with Crippen LogP contribution in [0.4, 0.5) is 11.5 Å². The van der Waals surface area contributed by atoms with Gasteiger partial charge in [-0.15, -0.1) is 0 Å². The molecule has 0 fully saturated rings. The lowest BCUT2D eigenvalue weighted by Gasteiger charge is -2.23. The lowest BCUT2D eigenvalue weighted by Crippen LogP contribution is -2.35. The first-order valence-corrected chi connectivity index (χ1v) is 9.06. The van der Waals surface area contributed by atoms with Gasteiger partial charge in [-0.2, -0.15) is 5.10 Å². The summed E-state index contributed by atoms with van der Waals surface area (Å²) in [6, 6.07) is 15.4. The first kappa shape index (κ1) is 18.5. The van der Waals surface area contributed by atoms with Gasteiger partial charge in [0, 0.05) is 17.3 Å². The largest absolute Gasteiger partial charge is 0.497 e. The van der Waals surface area contributed by atoms with Crippen LogP contribution in [0.2, 0.25) is 0 Å². The maximum Gasteiger partial charge on any atom is 0.249 e. The van der Waals surface area contributed by atoms with Crippen LogP contribution < -0.4 is 20.1 Å². The van der Waals surface area contributed by atoms with Gasteiger partial charge in [0.05, 0.1) is 26.3 Å². The Morgan fingerprint density at radius 1 is 1.10 bits per heavy atom. The number of rotatable bonds is 5. The highest BCUT2D eigenvalue weighted by Gasteiger charge is 2.32. The smallest absolute Gasteiger partial charge is 0.249 e. The molecule has 2 aromatic carbocycles. The second-order valence-electron chi connectivity index (χ2n) is 6.58. The van der Waals surface area contributed by atoms with Crippen LogP contribution in [-0.4, -0.2) is 35.8 Å². The summed E-state index contributed by atoms with van der Waals surface area (Å²) in [5.41, 5.74) is 2.08. The molecular weight excluding hydrogens is 372 g/mol. The Kier molecular flexibility index (Phi) is 4.90. The summed E-state index contributed by atoms with van der Waals surface area (Å²) in [5, 5.41) is 10.2. The molecule has 148 valence electrons. The van der Waals surface area contributed by atoms with Crippen LogP contribution in [0.15, 0.2) is 54.6 Å². The molecule has 1 aliphatic heterocycles. The van der Waals surface area contributed by atoms with E-state index in [0.717, 1.165) is 5.56 Å². The van der Waals surface area contributed by atoms with E-state index in [9.17, 15) is 9.59 Å². The minimum absolute atomic E-state index is 0.00815. The minimum Gasteiger partial charge on any atom is -0.497 e. The lowest BCUT2D eigenvalue weighted by atomic mass is 10.1. The number of benzene rings is 2. The maximum atomic E-state index is 12.9. The Bertz CT molecular complexity index is 1060. The molecule has 29 heavy (non-hydrogen) atoms. The van der Waals surface area contributed by atoms with Gasteiger partial charge in [0.25, 0.3) is 0 Å². The van der Waals surface area contributed by atoms with Crippen molar-refractivity contribution in [2.75, 3.05) is 24.9 Å². The van der Waals surface area contributed by atoms with Crippen LogP contribution in [0.1, 0.15) is 12.5 Å². The van der Waals surface area contributed by atoms with E-state index in [2.05, 4.69) is 15.7 Å². The normalized spacial score (nSPS) is 15.2. The third-order valence-electron chi connectivity index (χ3n) is 4.70. The highest BCUT2D eigenvalue weighted by molar-refractivity contribution is 6.01. The van der Waals surface area contributed by atoms with Gasteiger partial charge in [0.2, 0.25) is 11.8 Å². The van der Waals surface area contributed by atoms with E-state index in [1.165, 1.54) is 0 Å². The van der Waals surface area contributed by atoms with Gasteiger partial charge in [-0.05, 0) is 36.4 Å². The third kappa shape index (κ3) is 3.77. The van der Waals surface area contributed by atoms with Crippen molar-refractivity contribution >= 4 is 23.3 Å². The van der Waals surface area contributed by atoms with Gasteiger partial charge in [0.1, 0.15) is 23.4 Å². The van der Waals surface area contributed by atoms with Crippen molar-refractivity contribution in [2.45, 2.75) is 12.5 Å². The van der Waals surface area contributed by atoms with Crippen molar-refractivity contribution in [3.63, 3.8) is 0 Å². The van der Waals surface area contributed by atoms with E-state index in [4.69, 9.17) is 9.47 Å². The average molecular weight is 392 g/mol. The molecule has 0 saturated carbocycles. The Balaban J connectivity index is 1.61. The number of hydrogen-bond donors (Lipinski definition) is 2.